The Kier molecular flexibility index (Phi) is 4.18. The van der Waals surface area contributed by atoms with Gasteiger partial charge in [0.15, 0.2) is 11.6 Å². The van der Waals surface area contributed by atoms with Crippen LogP contribution < -0.4 is 0 Å². The van der Waals surface area contributed by atoms with Gasteiger partial charge in [-0.1, -0.05) is 91.0 Å². The zero-order chi connectivity index (χ0) is 25.5. The monoisotopic (exact) mass is 517 g/mol. The van der Waals surface area contributed by atoms with Crippen molar-refractivity contribution < 1.29 is 4.42 Å². The second-order valence-corrected chi connectivity index (χ2v) is 10.9. The van der Waals surface area contributed by atoms with Crippen molar-refractivity contribution in [2.75, 3.05) is 0 Å². The number of fused-ring (bicyclic) bond motifs is 10. The van der Waals surface area contributed by atoms with Gasteiger partial charge in [0.1, 0.15) is 5.58 Å². The van der Waals surface area contributed by atoms with E-state index in [1.54, 1.807) is 0 Å². The molecule has 0 N–H and O–H groups in total. The zero-order valence-corrected chi connectivity index (χ0v) is 21.4. The first-order chi connectivity index (χ1) is 19.3. The van der Waals surface area contributed by atoms with E-state index >= 15 is 0 Å². The first kappa shape index (κ1) is 21.0. The molecule has 9 aromatic rings. The molecule has 0 bridgehead atoms. The number of hydrogen-bond donors (Lipinski definition) is 0. The number of nitrogens with zero attached hydrogens (tertiary/aromatic N) is 3. The Hall–Kier alpha value is -5.00. The summed E-state index contributed by atoms with van der Waals surface area (Å²) in [6.45, 7) is 0. The van der Waals surface area contributed by atoms with Crippen LogP contribution in [0.3, 0.4) is 0 Å². The maximum absolute atomic E-state index is 6.33. The number of hydrogen-bond acceptors (Lipinski definition) is 4. The molecule has 0 aliphatic rings. The van der Waals surface area contributed by atoms with Gasteiger partial charge in [0.25, 0.3) is 0 Å². The van der Waals surface area contributed by atoms with E-state index in [4.69, 9.17) is 14.4 Å². The number of thiophene rings is 1. The average Bonchev–Trinajstić information content (AvgIpc) is 3.66. The van der Waals surface area contributed by atoms with Gasteiger partial charge >= 0.3 is 0 Å². The summed E-state index contributed by atoms with van der Waals surface area (Å²) in [5.41, 5.74) is 4.59. The quantitative estimate of drug-likeness (QED) is 0.229. The van der Waals surface area contributed by atoms with Gasteiger partial charge in [0.2, 0.25) is 5.71 Å². The lowest BCUT2D eigenvalue weighted by atomic mass is 10.1. The standard InChI is InChI=1S/C34H19N3OS/c1-2-10-20(11-3-1)32-35-33(30-24-14-5-8-16-27(24)38-34(30)36-32)37-25-15-7-4-13-23(25)29-26(37)19-18-22-21-12-6-9-17-28(21)39-31(22)29/h1-19H. The van der Waals surface area contributed by atoms with Crippen molar-refractivity contribution in [1.29, 1.82) is 0 Å². The molecule has 0 unspecified atom stereocenters. The van der Waals surface area contributed by atoms with Crippen molar-refractivity contribution in [2.45, 2.75) is 0 Å². The van der Waals surface area contributed by atoms with Crippen LogP contribution in [0, 0.1) is 0 Å². The molecule has 0 aliphatic heterocycles. The third-order valence-electron chi connectivity index (χ3n) is 7.64. The van der Waals surface area contributed by atoms with Gasteiger partial charge in [-0.15, -0.1) is 11.3 Å². The summed E-state index contributed by atoms with van der Waals surface area (Å²) < 4.78 is 11.2. The molecule has 0 saturated carbocycles. The Bertz CT molecular complexity index is 2400. The van der Waals surface area contributed by atoms with Gasteiger partial charge in [0.05, 0.1) is 16.4 Å². The van der Waals surface area contributed by atoms with Crippen LogP contribution in [0.5, 0.6) is 0 Å². The minimum Gasteiger partial charge on any atom is -0.437 e. The molecule has 39 heavy (non-hydrogen) atoms. The highest BCUT2D eigenvalue weighted by Gasteiger charge is 2.23. The van der Waals surface area contributed by atoms with E-state index in [1.807, 2.05) is 59.9 Å². The normalized spacial score (nSPS) is 12.1. The first-order valence-electron chi connectivity index (χ1n) is 12.9. The molecule has 9 rings (SSSR count). The summed E-state index contributed by atoms with van der Waals surface area (Å²) in [6, 6.07) is 40.0. The number of benzene rings is 5. The summed E-state index contributed by atoms with van der Waals surface area (Å²) in [5.74, 6) is 1.47. The Balaban J connectivity index is 1.49. The van der Waals surface area contributed by atoms with Crippen LogP contribution in [-0.2, 0) is 0 Å². The molecule has 5 aromatic carbocycles. The Morgan fingerprint density at radius 2 is 1.31 bits per heavy atom. The Morgan fingerprint density at radius 3 is 2.21 bits per heavy atom. The molecule has 0 atom stereocenters. The maximum atomic E-state index is 6.33. The average molecular weight is 518 g/mol. The number of aromatic nitrogens is 3. The van der Waals surface area contributed by atoms with Crippen molar-refractivity contribution in [3.8, 4) is 17.2 Å². The molecule has 0 amide bonds. The lowest BCUT2D eigenvalue weighted by molar-refractivity contribution is 0.653. The Morgan fingerprint density at radius 1 is 0.564 bits per heavy atom. The molecular formula is C34H19N3OS. The molecule has 5 heteroatoms. The third-order valence-corrected chi connectivity index (χ3v) is 8.85. The predicted molar refractivity (Wildman–Crippen MR) is 162 cm³/mol. The van der Waals surface area contributed by atoms with Crippen LogP contribution in [0.1, 0.15) is 0 Å². The molecule has 182 valence electrons. The highest BCUT2D eigenvalue weighted by Crippen LogP contribution is 2.44. The Labute approximate surface area is 226 Å². The summed E-state index contributed by atoms with van der Waals surface area (Å²) in [4.78, 5) is 10.2. The van der Waals surface area contributed by atoms with Crippen LogP contribution >= 0.6 is 11.3 Å². The first-order valence-corrected chi connectivity index (χ1v) is 13.8. The van der Waals surface area contributed by atoms with Crippen molar-refractivity contribution in [3.05, 3.63) is 115 Å². The maximum Gasteiger partial charge on any atom is 0.233 e. The van der Waals surface area contributed by atoms with E-state index in [9.17, 15) is 0 Å². The molecule has 0 radical (unpaired) electrons. The van der Waals surface area contributed by atoms with Crippen molar-refractivity contribution in [1.82, 2.24) is 14.5 Å². The number of rotatable bonds is 2. The lowest BCUT2D eigenvalue weighted by Crippen LogP contribution is -2.01. The lowest BCUT2D eigenvalue weighted by Gasteiger charge is -2.10. The van der Waals surface area contributed by atoms with Crippen LogP contribution in [0.4, 0.5) is 0 Å². The zero-order valence-electron chi connectivity index (χ0n) is 20.6. The molecule has 0 fully saturated rings. The van der Waals surface area contributed by atoms with Gasteiger partial charge in [0, 0.05) is 41.9 Å². The molecule has 0 aliphatic carbocycles. The van der Waals surface area contributed by atoms with Gasteiger partial charge in [-0.25, -0.2) is 4.98 Å². The largest absolute Gasteiger partial charge is 0.437 e. The summed E-state index contributed by atoms with van der Waals surface area (Å²) in [7, 11) is 0. The van der Waals surface area contributed by atoms with Gasteiger partial charge < -0.3 is 4.42 Å². The van der Waals surface area contributed by atoms with E-state index in [0.717, 1.165) is 38.8 Å². The van der Waals surface area contributed by atoms with E-state index < -0.39 is 0 Å². The van der Waals surface area contributed by atoms with Crippen molar-refractivity contribution in [3.63, 3.8) is 0 Å². The van der Waals surface area contributed by atoms with E-state index in [2.05, 4.69) is 71.3 Å². The fourth-order valence-corrected chi connectivity index (χ4v) is 7.21. The highest BCUT2D eigenvalue weighted by molar-refractivity contribution is 7.26. The van der Waals surface area contributed by atoms with E-state index in [0.29, 0.717) is 11.5 Å². The van der Waals surface area contributed by atoms with Crippen molar-refractivity contribution >= 4 is 75.4 Å². The summed E-state index contributed by atoms with van der Waals surface area (Å²) in [5, 5.41) is 6.99. The van der Waals surface area contributed by atoms with Crippen LogP contribution in [0.15, 0.2) is 120 Å². The van der Waals surface area contributed by atoms with Crippen LogP contribution in [-0.4, -0.2) is 14.5 Å². The minimum atomic E-state index is 0.592. The second-order valence-electron chi connectivity index (χ2n) is 9.80. The van der Waals surface area contributed by atoms with Gasteiger partial charge in [-0.2, -0.15) is 4.98 Å². The molecule has 4 aromatic heterocycles. The highest BCUT2D eigenvalue weighted by atomic mass is 32.1. The molecule has 0 saturated heterocycles. The molecule has 0 spiro atoms. The summed E-state index contributed by atoms with van der Waals surface area (Å²) in [6.07, 6.45) is 0. The predicted octanol–water partition coefficient (Wildman–Crippen LogP) is 9.51. The smallest absolute Gasteiger partial charge is 0.233 e. The number of para-hydroxylation sites is 2. The minimum absolute atomic E-state index is 0.592. The fourth-order valence-electron chi connectivity index (χ4n) is 5.95. The SMILES string of the molecule is c1ccc(-c2nc(-n3c4ccccc4c4c5sc6ccccc6c5ccc43)c3c(n2)oc2ccccc23)cc1. The van der Waals surface area contributed by atoms with Crippen molar-refractivity contribution in [2.24, 2.45) is 0 Å². The van der Waals surface area contributed by atoms with E-state index in [-0.39, 0.29) is 0 Å². The number of furan rings is 1. The summed E-state index contributed by atoms with van der Waals surface area (Å²) >= 11 is 1.86. The fraction of sp³-hybridized carbons (Fsp3) is 0. The topological polar surface area (TPSA) is 43.9 Å². The molecule has 4 heterocycles. The third kappa shape index (κ3) is 2.88. The van der Waals surface area contributed by atoms with Crippen LogP contribution in [0.25, 0.3) is 81.3 Å². The van der Waals surface area contributed by atoms with Crippen LogP contribution in [0.2, 0.25) is 0 Å². The molecular weight excluding hydrogens is 498 g/mol. The molecule has 4 nitrogen and oxygen atoms in total. The second kappa shape index (κ2) is 7.76. The van der Waals surface area contributed by atoms with Gasteiger partial charge in [-0.3, -0.25) is 4.57 Å². The van der Waals surface area contributed by atoms with E-state index in [1.165, 1.54) is 30.9 Å². The van der Waals surface area contributed by atoms with Gasteiger partial charge in [-0.05, 0) is 24.3 Å².